The molecule has 0 radical (unpaired) electrons. The first kappa shape index (κ1) is 27.5. The van der Waals surface area contributed by atoms with E-state index in [9.17, 15) is 23.9 Å². The van der Waals surface area contributed by atoms with Gasteiger partial charge in [-0.15, -0.1) is 12.4 Å². The van der Waals surface area contributed by atoms with Crippen molar-refractivity contribution in [3.63, 3.8) is 0 Å². The van der Waals surface area contributed by atoms with Crippen molar-refractivity contribution in [3.8, 4) is 0 Å². The first-order valence-corrected chi connectivity index (χ1v) is 11.8. The molecule has 2 fully saturated rings. The molecule has 3 heterocycles. The fraction of sp³-hybridized carbons (Fsp3) is 0.360. The molecule has 3 aliphatic heterocycles. The van der Waals surface area contributed by atoms with Crippen molar-refractivity contribution in [2.45, 2.75) is 18.8 Å². The third-order valence-corrected chi connectivity index (χ3v) is 6.49. The van der Waals surface area contributed by atoms with Crippen LogP contribution in [0.1, 0.15) is 21.5 Å². The van der Waals surface area contributed by atoms with E-state index in [0.29, 0.717) is 44.4 Å². The van der Waals surface area contributed by atoms with Crippen molar-refractivity contribution >= 4 is 47.3 Å². The van der Waals surface area contributed by atoms with Gasteiger partial charge in [-0.2, -0.15) is 0 Å². The van der Waals surface area contributed by atoms with Gasteiger partial charge >= 0.3 is 0 Å². The number of amides is 3. The Bertz CT molecular complexity index is 1280. The molecule has 2 aromatic carbocycles. The van der Waals surface area contributed by atoms with Crippen LogP contribution in [0, 0.1) is 5.82 Å². The number of nitrogens with two attached hydrogens (primary N) is 1. The fourth-order valence-electron chi connectivity index (χ4n) is 4.55. The van der Waals surface area contributed by atoms with E-state index in [4.69, 9.17) is 15.2 Å². The molecule has 0 bridgehead atoms. The van der Waals surface area contributed by atoms with Gasteiger partial charge in [-0.1, -0.05) is 0 Å². The van der Waals surface area contributed by atoms with Crippen LogP contribution in [0.3, 0.4) is 0 Å². The molecule has 3 aliphatic rings. The zero-order valence-electron chi connectivity index (χ0n) is 20.3. The molecule has 0 aromatic heterocycles. The smallest absolute Gasteiger partial charge is 0.259 e. The Balaban J connectivity index is 0.00000336. The average molecular weight is 548 g/mol. The van der Waals surface area contributed by atoms with E-state index in [2.05, 4.69) is 10.3 Å². The summed E-state index contributed by atoms with van der Waals surface area (Å²) in [5.74, 6) is -2.21. The predicted molar refractivity (Wildman–Crippen MR) is 138 cm³/mol. The number of ether oxygens (including phenoxy) is 2. The maximum absolute atomic E-state index is 14.5. The number of nitrogens with one attached hydrogen (secondary N) is 1. The molecule has 0 spiro atoms. The lowest BCUT2D eigenvalue weighted by Crippen LogP contribution is -2.55. The summed E-state index contributed by atoms with van der Waals surface area (Å²) < 4.78 is 25.2. The summed E-state index contributed by atoms with van der Waals surface area (Å²) in [7, 11) is 0. The molecule has 11 nitrogen and oxygen atoms in total. The van der Waals surface area contributed by atoms with Crippen LogP contribution in [0.15, 0.2) is 41.4 Å². The first-order valence-electron chi connectivity index (χ1n) is 11.8. The molecule has 5 rings (SSSR count). The van der Waals surface area contributed by atoms with Crippen molar-refractivity contribution in [1.29, 1.82) is 0 Å². The molecular formula is C25H27ClFN5O6. The summed E-state index contributed by atoms with van der Waals surface area (Å²) in [5.41, 5.74) is 8.05. The second-order valence-corrected chi connectivity index (χ2v) is 8.89. The summed E-state index contributed by atoms with van der Waals surface area (Å²) in [6.07, 6.45) is -3.34. The molecule has 202 valence electrons. The molecule has 38 heavy (non-hydrogen) atoms. The minimum Gasteiger partial charge on any atom is -0.383 e. The normalized spacial score (nSPS) is 19.8. The Morgan fingerprint density at radius 3 is 2.66 bits per heavy atom. The number of carbonyl (C=O) groups is 3. The van der Waals surface area contributed by atoms with E-state index < -0.39 is 29.8 Å². The highest BCUT2D eigenvalue weighted by Crippen LogP contribution is 2.25. The third kappa shape index (κ3) is 5.48. The topological polar surface area (TPSA) is 147 Å². The average Bonchev–Trinajstić information content (AvgIpc) is 3.27. The van der Waals surface area contributed by atoms with Crippen LogP contribution in [0.4, 0.5) is 15.8 Å². The van der Waals surface area contributed by atoms with Crippen molar-refractivity contribution in [3.05, 3.63) is 58.9 Å². The standard InChI is InChI=1S/C25H26FN5O6.ClH/c26-16-9-14(24(34)30-3-6-36-7-4-30)11-18(12-16)31-5-8-37-21(25(31)35)20(32)23(33)29-17-1-2-19-15(10-17)13-28-22(19)27;/h1-2,9-12,20-21,32H,3-8,13H2,(H2,27,28)(H,29,33);1H/t20-,21-;/m1./s1. The zero-order chi connectivity index (χ0) is 26.1. The maximum atomic E-state index is 14.5. The van der Waals surface area contributed by atoms with Gasteiger partial charge in [0.2, 0.25) is 0 Å². The Kier molecular flexibility index (Phi) is 8.26. The minimum absolute atomic E-state index is 0. The molecule has 0 saturated carbocycles. The molecule has 2 atom stereocenters. The Morgan fingerprint density at radius 2 is 1.89 bits per heavy atom. The molecule has 0 aliphatic carbocycles. The van der Waals surface area contributed by atoms with Gasteiger partial charge in [0, 0.05) is 42.1 Å². The predicted octanol–water partition coefficient (Wildman–Crippen LogP) is 0.670. The summed E-state index contributed by atoms with van der Waals surface area (Å²) in [4.78, 5) is 45.7. The van der Waals surface area contributed by atoms with E-state index in [1.54, 1.807) is 23.1 Å². The Labute approximate surface area is 223 Å². The zero-order valence-corrected chi connectivity index (χ0v) is 21.1. The molecule has 4 N–H and O–H groups in total. The van der Waals surface area contributed by atoms with Crippen molar-refractivity contribution in [2.75, 3.05) is 49.7 Å². The quantitative estimate of drug-likeness (QED) is 0.498. The van der Waals surface area contributed by atoms with Gasteiger partial charge in [-0.25, -0.2) is 4.39 Å². The molecular weight excluding hydrogens is 521 g/mol. The summed E-state index contributed by atoms with van der Waals surface area (Å²) >= 11 is 0. The van der Waals surface area contributed by atoms with Crippen LogP contribution >= 0.6 is 12.4 Å². The highest BCUT2D eigenvalue weighted by Gasteiger charge is 2.40. The van der Waals surface area contributed by atoms with E-state index >= 15 is 0 Å². The van der Waals surface area contributed by atoms with Gasteiger partial charge in [-0.3, -0.25) is 19.4 Å². The van der Waals surface area contributed by atoms with Gasteiger partial charge in [0.1, 0.15) is 11.7 Å². The number of benzene rings is 2. The Morgan fingerprint density at radius 1 is 1.13 bits per heavy atom. The Hall–Kier alpha value is -3.58. The van der Waals surface area contributed by atoms with Crippen LogP contribution in [-0.4, -0.2) is 85.2 Å². The van der Waals surface area contributed by atoms with E-state index in [-0.39, 0.29) is 42.7 Å². The van der Waals surface area contributed by atoms with E-state index in [0.717, 1.165) is 23.3 Å². The summed E-state index contributed by atoms with van der Waals surface area (Å²) in [5, 5.41) is 13.2. The number of aliphatic hydroxyl groups excluding tert-OH is 1. The number of hydrogen-bond acceptors (Lipinski definition) is 8. The van der Waals surface area contributed by atoms with Crippen molar-refractivity contribution in [1.82, 2.24) is 4.90 Å². The second-order valence-electron chi connectivity index (χ2n) is 8.89. The van der Waals surface area contributed by atoms with Gasteiger partial charge in [0.05, 0.1) is 26.4 Å². The summed E-state index contributed by atoms with van der Waals surface area (Å²) in [6.45, 7) is 2.00. The van der Waals surface area contributed by atoms with E-state index in [1.165, 1.54) is 11.0 Å². The number of aliphatic imine (C=N–C) groups is 1. The van der Waals surface area contributed by atoms with Crippen LogP contribution in [-0.2, 0) is 25.6 Å². The monoisotopic (exact) mass is 547 g/mol. The maximum Gasteiger partial charge on any atom is 0.259 e. The number of hydrogen-bond donors (Lipinski definition) is 3. The van der Waals surface area contributed by atoms with Crippen LogP contribution in [0.5, 0.6) is 0 Å². The highest BCUT2D eigenvalue weighted by molar-refractivity contribution is 6.05. The SMILES string of the molecule is Cl.NC1=NCc2cc(NC(=O)[C@H](O)[C@H]3OCCN(c4cc(F)cc(C(=O)N5CCOCC5)c4)C3=O)ccc21. The van der Waals surface area contributed by atoms with Gasteiger partial charge in [-0.05, 0) is 42.0 Å². The number of carbonyl (C=O) groups excluding carboxylic acids is 3. The lowest BCUT2D eigenvalue weighted by molar-refractivity contribution is -0.150. The largest absolute Gasteiger partial charge is 0.383 e. The number of fused-ring (bicyclic) bond motifs is 1. The number of morpholine rings is 2. The molecule has 13 heteroatoms. The minimum atomic E-state index is -1.83. The van der Waals surface area contributed by atoms with Gasteiger partial charge < -0.3 is 35.4 Å². The first-order chi connectivity index (χ1) is 17.8. The van der Waals surface area contributed by atoms with Crippen molar-refractivity contribution < 1.29 is 33.4 Å². The number of aliphatic hydroxyl groups is 1. The summed E-state index contributed by atoms with van der Waals surface area (Å²) in [6, 6.07) is 8.69. The number of halogens is 2. The third-order valence-electron chi connectivity index (χ3n) is 6.49. The van der Waals surface area contributed by atoms with Crippen molar-refractivity contribution in [2.24, 2.45) is 10.7 Å². The second kappa shape index (κ2) is 11.4. The highest BCUT2D eigenvalue weighted by atomic mass is 35.5. The van der Waals surface area contributed by atoms with Gasteiger partial charge in [0.25, 0.3) is 17.7 Å². The number of nitrogens with zero attached hydrogens (tertiary/aromatic N) is 3. The molecule has 0 unspecified atom stereocenters. The van der Waals surface area contributed by atoms with Crippen LogP contribution in [0.25, 0.3) is 0 Å². The molecule has 3 amide bonds. The lowest BCUT2D eigenvalue weighted by Gasteiger charge is -2.34. The van der Waals surface area contributed by atoms with Crippen LogP contribution in [0.2, 0.25) is 0 Å². The fourth-order valence-corrected chi connectivity index (χ4v) is 4.55. The number of rotatable bonds is 5. The molecule has 2 aromatic rings. The number of amidine groups is 1. The van der Waals surface area contributed by atoms with E-state index in [1.807, 2.05) is 0 Å². The van der Waals surface area contributed by atoms with Gasteiger partial charge in [0.15, 0.2) is 12.2 Å². The number of anilines is 2. The molecule has 2 saturated heterocycles. The van der Waals surface area contributed by atoms with Crippen LogP contribution < -0.4 is 16.0 Å². The lowest BCUT2D eigenvalue weighted by atomic mass is 10.1.